The number of rotatable bonds is 8. The zero-order valence-corrected chi connectivity index (χ0v) is 18.0. The Morgan fingerprint density at radius 3 is 2.16 bits per heavy atom. The lowest BCUT2D eigenvalue weighted by atomic mass is 10.1. The molecule has 160 valence electrons. The normalized spacial score (nSPS) is 11.6. The van der Waals surface area contributed by atoms with Crippen LogP contribution in [0, 0.1) is 5.82 Å². The maximum absolute atomic E-state index is 13.3. The molecule has 0 aliphatic carbocycles. The Morgan fingerprint density at radius 1 is 0.903 bits per heavy atom. The maximum Gasteiger partial charge on any atom is 0.242 e. The Morgan fingerprint density at radius 2 is 1.52 bits per heavy atom. The Bertz CT molecular complexity index is 1010. The van der Waals surface area contributed by atoms with Gasteiger partial charge in [0.25, 0.3) is 0 Å². The summed E-state index contributed by atoms with van der Waals surface area (Å²) in [5, 5.41) is 3.50. The number of benzene rings is 3. The number of carbonyl (C=O) groups excluding carboxylic acids is 2. The molecule has 0 saturated heterocycles. The molecule has 6 heteroatoms. The first kappa shape index (κ1) is 22.5. The van der Waals surface area contributed by atoms with Crippen molar-refractivity contribution in [3.63, 3.8) is 0 Å². The molecule has 0 bridgehead atoms. The number of halogens is 2. The summed E-state index contributed by atoms with van der Waals surface area (Å²) < 4.78 is 13.3. The largest absolute Gasteiger partial charge is 0.350 e. The molecule has 0 aliphatic heterocycles. The van der Waals surface area contributed by atoms with E-state index in [1.54, 1.807) is 31.2 Å². The van der Waals surface area contributed by atoms with Gasteiger partial charge >= 0.3 is 0 Å². The van der Waals surface area contributed by atoms with E-state index in [0.29, 0.717) is 11.6 Å². The lowest BCUT2D eigenvalue weighted by Crippen LogP contribution is -2.48. The predicted octanol–water partition coefficient (Wildman–Crippen LogP) is 4.76. The number of carbonyl (C=O) groups is 2. The number of nitrogens with zero attached hydrogens (tertiary/aromatic N) is 1. The summed E-state index contributed by atoms with van der Waals surface area (Å²) in [5.74, 6) is -0.789. The number of hydrogen-bond acceptors (Lipinski definition) is 2. The molecule has 0 heterocycles. The van der Waals surface area contributed by atoms with Crippen molar-refractivity contribution >= 4 is 23.4 Å². The SMILES string of the molecule is C[C@H](C(=O)NCc1ccc(Cl)cc1)N(Cc1ccc(F)cc1)C(=O)Cc1ccccc1. The summed E-state index contributed by atoms with van der Waals surface area (Å²) in [5.41, 5.74) is 2.52. The van der Waals surface area contributed by atoms with Gasteiger partial charge in [0.2, 0.25) is 11.8 Å². The van der Waals surface area contributed by atoms with E-state index in [0.717, 1.165) is 16.7 Å². The quantitative estimate of drug-likeness (QED) is 0.551. The third-order valence-corrected chi connectivity index (χ3v) is 5.26. The molecule has 0 aromatic heterocycles. The van der Waals surface area contributed by atoms with Crippen LogP contribution in [0.15, 0.2) is 78.9 Å². The highest BCUT2D eigenvalue weighted by atomic mass is 35.5. The van der Waals surface area contributed by atoms with Gasteiger partial charge in [-0.15, -0.1) is 0 Å². The Balaban J connectivity index is 1.72. The molecule has 3 rings (SSSR count). The lowest BCUT2D eigenvalue weighted by Gasteiger charge is -2.29. The van der Waals surface area contributed by atoms with Crippen molar-refractivity contribution in [2.45, 2.75) is 32.5 Å². The van der Waals surface area contributed by atoms with Gasteiger partial charge in [-0.25, -0.2) is 4.39 Å². The van der Waals surface area contributed by atoms with Crippen LogP contribution in [0.4, 0.5) is 4.39 Å². The van der Waals surface area contributed by atoms with Gasteiger partial charge in [0.15, 0.2) is 0 Å². The van der Waals surface area contributed by atoms with Crippen LogP contribution in [-0.4, -0.2) is 22.8 Å². The highest BCUT2D eigenvalue weighted by Gasteiger charge is 2.26. The van der Waals surface area contributed by atoms with Crippen LogP contribution < -0.4 is 5.32 Å². The zero-order chi connectivity index (χ0) is 22.2. The summed E-state index contributed by atoms with van der Waals surface area (Å²) in [6, 6.07) is 21.8. The van der Waals surface area contributed by atoms with Crippen molar-refractivity contribution < 1.29 is 14.0 Å². The molecule has 0 fully saturated rings. The van der Waals surface area contributed by atoms with E-state index in [2.05, 4.69) is 5.32 Å². The average Bonchev–Trinajstić information content (AvgIpc) is 2.78. The Hall–Kier alpha value is -3.18. The fraction of sp³-hybridized carbons (Fsp3) is 0.200. The van der Waals surface area contributed by atoms with Gasteiger partial charge in [0, 0.05) is 18.1 Å². The third kappa shape index (κ3) is 6.66. The van der Waals surface area contributed by atoms with Crippen molar-refractivity contribution in [2.24, 2.45) is 0 Å². The van der Waals surface area contributed by atoms with E-state index in [1.807, 2.05) is 42.5 Å². The van der Waals surface area contributed by atoms with Crippen molar-refractivity contribution in [1.29, 1.82) is 0 Å². The molecule has 0 spiro atoms. The van der Waals surface area contributed by atoms with Crippen LogP contribution in [0.25, 0.3) is 0 Å². The molecule has 0 saturated carbocycles. The van der Waals surface area contributed by atoms with Gasteiger partial charge in [0.05, 0.1) is 6.42 Å². The van der Waals surface area contributed by atoms with E-state index in [-0.39, 0.29) is 30.6 Å². The minimum atomic E-state index is -0.700. The molecule has 31 heavy (non-hydrogen) atoms. The van der Waals surface area contributed by atoms with Gasteiger partial charge in [-0.05, 0) is 47.9 Å². The molecular formula is C25H24ClFN2O2. The van der Waals surface area contributed by atoms with Crippen molar-refractivity contribution in [2.75, 3.05) is 0 Å². The molecule has 0 aliphatic rings. The minimum Gasteiger partial charge on any atom is -0.350 e. The van der Waals surface area contributed by atoms with E-state index in [1.165, 1.54) is 17.0 Å². The fourth-order valence-electron chi connectivity index (χ4n) is 3.18. The van der Waals surface area contributed by atoms with Crippen molar-refractivity contribution in [3.05, 3.63) is 106 Å². The summed E-state index contributed by atoms with van der Waals surface area (Å²) in [6.07, 6.45) is 0.177. The molecule has 0 unspecified atom stereocenters. The maximum atomic E-state index is 13.3. The minimum absolute atomic E-state index is 0.176. The predicted molar refractivity (Wildman–Crippen MR) is 120 cm³/mol. The van der Waals surface area contributed by atoms with Crippen LogP contribution >= 0.6 is 11.6 Å². The van der Waals surface area contributed by atoms with Crippen LogP contribution in [0.1, 0.15) is 23.6 Å². The van der Waals surface area contributed by atoms with Crippen molar-refractivity contribution in [3.8, 4) is 0 Å². The van der Waals surface area contributed by atoms with Crippen LogP contribution in [0.2, 0.25) is 5.02 Å². The molecule has 0 radical (unpaired) electrons. The standard InChI is InChI=1S/C25H24ClFN2O2/c1-18(25(31)28-16-20-7-11-22(26)12-8-20)29(17-21-9-13-23(27)14-10-21)24(30)15-19-5-3-2-4-6-19/h2-14,18H,15-17H2,1H3,(H,28,31)/t18-/m1/s1. The fourth-order valence-corrected chi connectivity index (χ4v) is 3.31. The monoisotopic (exact) mass is 438 g/mol. The van der Waals surface area contributed by atoms with E-state index in [9.17, 15) is 14.0 Å². The van der Waals surface area contributed by atoms with Gasteiger partial charge in [-0.3, -0.25) is 9.59 Å². The second-order valence-electron chi connectivity index (χ2n) is 7.33. The van der Waals surface area contributed by atoms with E-state index in [4.69, 9.17) is 11.6 Å². The zero-order valence-electron chi connectivity index (χ0n) is 17.2. The first-order chi connectivity index (χ1) is 14.9. The first-order valence-electron chi connectivity index (χ1n) is 10.0. The summed E-state index contributed by atoms with van der Waals surface area (Å²) in [7, 11) is 0. The second kappa shape index (κ2) is 10.7. The third-order valence-electron chi connectivity index (χ3n) is 5.01. The van der Waals surface area contributed by atoms with Crippen LogP contribution in [0.5, 0.6) is 0 Å². The molecule has 2 amide bonds. The molecule has 1 N–H and O–H groups in total. The number of nitrogens with one attached hydrogen (secondary N) is 1. The Labute approximate surface area is 186 Å². The smallest absolute Gasteiger partial charge is 0.242 e. The lowest BCUT2D eigenvalue weighted by molar-refractivity contribution is -0.140. The highest BCUT2D eigenvalue weighted by molar-refractivity contribution is 6.30. The Kier molecular flexibility index (Phi) is 7.79. The molecular weight excluding hydrogens is 415 g/mol. The van der Waals surface area contributed by atoms with Gasteiger partial charge in [-0.2, -0.15) is 0 Å². The topological polar surface area (TPSA) is 49.4 Å². The second-order valence-corrected chi connectivity index (χ2v) is 7.77. The van der Waals surface area contributed by atoms with Crippen LogP contribution in [-0.2, 0) is 29.1 Å². The van der Waals surface area contributed by atoms with Gasteiger partial charge in [-0.1, -0.05) is 66.2 Å². The summed E-state index contributed by atoms with van der Waals surface area (Å²) in [6.45, 7) is 2.24. The van der Waals surface area contributed by atoms with E-state index < -0.39 is 6.04 Å². The molecule has 3 aromatic carbocycles. The number of hydrogen-bond donors (Lipinski definition) is 1. The van der Waals surface area contributed by atoms with E-state index >= 15 is 0 Å². The molecule has 1 atom stereocenters. The van der Waals surface area contributed by atoms with Crippen molar-refractivity contribution in [1.82, 2.24) is 10.2 Å². The molecule has 4 nitrogen and oxygen atoms in total. The van der Waals surface area contributed by atoms with Gasteiger partial charge in [0.1, 0.15) is 11.9 Å². The number of amides is 2. The first-order valence-corrected chi connectivity index (χ1v) is 10.4. The van der Waals surface area contributed by atoms with Gasteiger partial charge < -0.3 is 10.2 Å². The molecule has 3 aromatic rings. The highest BCUT2D eigenvalue weighted by Crippen LogP contribution is 2.14. The average molecular weight is 439 g/mol. The summed E-state index contributed by atoms with van der Waals surface area (Å²) >= 11 is 5.90. The summed E-state index contributed by atoms with van der Waals surface area (Å²) in [4.78, 5) is 27.5. The van der Waals surface area contributed by atoms with Crippen LogP contribution in [0.3, 0.4) is 0 Å².